The van der Waals surface area contributed by atoms with Crippen molar-refractivity contribution in [1.82, 2.24) is 0 Å². The van der Waals surface area contributed by atoms with Crippen LogP contribution < -0.4 is 0 Å². The van der Waals surface area contributed by atoms with Crippen LogP contribution >= 0.6 is 11.8 Å². The maximum absolute atomic E-state index is 12.2. The summed E-state index contributed by atoms with van der Waals surface area (Å²) in [6, 6.07) is 14.4. The molecule has 2 heteroatoms. The average Bonchev–Trinajstić information content (AvgIpc) is 2.38. The second kappa shape index (κ2) is 6.76. The molecular formula is C18H20OS. The number of carbonyl (C=O) groups excluding carboxylic acids is 1. The molecule has 0 bridgehead atoms. The number of carbonyl (C=O) groups is 1. The van der Waals surface area contributed by atoms with Gasteiger partial charge < -0.3 is 0 Å². The highest BCUT2D eigenvalue weighted by Gasteiger charge is 2.08. The monoisotopic (exact) mass is 284 g/mol. The van der Waals surface area contributed by atoms with Gasteiger partial charge in [0, 0.05) is 11.3 Å². The quantitative estimate of drug-likeness (QED) is 0.738. The lowest BCUT2D eigenvalue weighted by molar-refractivity contribution is 0.102. The van der Waals surface area contributed by atoms with Crippen molar-refractivity contribution in [2.75, 3.05) is 5.75 Å². The van der Waals surface area contributed by atoms with Crippen LogP contribution in [0.3, 0.4) is 0 Å². The van der Waals surface area contributed by atoms with Gasteiger partial charge in [0.1, 0.15) is 0 Å². The molecule has 104 valence electrons. The standard InChI is InChI=1S/C18H20OS/c1-13-8-14(2)10-16(9-13)11-20-12-18(19)17-7-5-4-6-15(17)3/h4-10H,11-12H2,1-3H3. The number of rotatable bonds is 5. The first-order valence-corrected chi connectivity index (χ1v) is 7.95. The maximum atomic E-state index is 12.2. The van der Waals surface area contributed by atoms with Crippen molar-refractivity contribution in [3.05, 3.63) is 70.3 Å². The van der Waals surface area contributed by atoms with Crippen LogP contribution in [-0.4, -0.2) is 11.5 Å². The molecule has 2 aromatic carbocycles. The Labute approximate surface area is 125 Å². The van der Waals surface area contributed by atoms with Crippen LogP contribution in [0.2, 0.25) is 0 Å². The molecule has 2 rings (SSSR count). The van der Waals surface area contributed by atoms with Gasteiger partial charge in [0.05, 0.1) is 5.75 Å². The van der Waals surface area contributed by atoms with Crippen molar-refractivity contribution in [2.45, 2.75) is 26.5 Å². The van der Waals surface area contributed by atoms with Crippen molar-refractivity contribution in [3.63, 3.8) is 0 Å². The van der Waals surface area contributed by atoms with Crippen LogP contribution in [0.5, 0.6) is 0 Å². The van der Waals surface area contributed by atoms with Gasteiger partial charge >= 0.3 is 0 Å². The Hall–Kier alpha value is -1.54. The third kappa shape index (κ3) is 3.97. The van der Waals surface area contributed by atoms with E-state index in [9.17, 15) is 4.79 Å². The molecule has 0 aromatic heterocycles. The normalized spacial score (nSPS) is 10.6. The summed E-state index contributed by atoms with van der Waals surface area (Å²) >= 11 is 1.69. The van der Waals surface area contributed by atoms with E-state index in [2.05, 4.69) is 32.0 Å². The first-order valence-electron chi connectivity index (χ1n) is 6.80. The summed E-state index contributed by atoms with van der Waals surface area (Å²) in [4.78, 5) is 12.2. The Balaban J connectivity index is 1.93. The molecule has 0 aliphatic carbocycles. The highest BCUT2D eigenvalue weighted by molar-refractivity contribution is 7.99. The van der Waals surface area contributed by atoms with E-state index in [1.807, 2.05) is 31.2 Å². The SMILES string of the molecule is Cc1cc(C)cc(CSCC(=O)c2ccccc2C)c1. The number of hydrogen-bond donors (Lipinski definition) is 0. The van der Waals surface area contributed by atoms with Gasteiger partial charge in [-0.2, -0.15) is 0 Å². The van der Waals surface area contributed by atoms with E-state index < -0.39 is 0 Å². The van der Waals surface area contributed by atoms with E-state index in [4.69, 9.17) is 0 Å². The molecule has 0 spiro atoms. The second-order valence-corrected chi connectivity index (χ2v) is 6.21. The van der Waals surface area contributed by atoms with Crippen LogP contribution in [0.4, 0.5) is 0 Å². The fourth-order valence-electron chi connectivity index (χ4n) is 2.38. The summed E-state index contributed by atoms with van der Waals surface area (Å²) < 4.78 is 0. The minimum Gasteiger partial charge on any atom is -0.293 e. The van der Waals surface area contributed by atoms with Crippen molar-refractivity contribution in [2.24, 2.45) is 0 Å². The van der Waals surface area contributed by atoms with Gasteiger partial charge in [-0.1, -0.05) is 53.6 Å². The molecule has 0 saturated heterocycles. The Morgan fingerprint density at radius 1 is 1.00 bits per heavy atom. The topological polar surface area (TPSA) is 17.1 Å². The van der Waals surface area contributed by atoms with Gasteiger partial charge in [-0.25, -0.2) is 0 Å². The van der Waals surface area contributed by atoms with Crippen LogP contribution in [0.1, 0.15) is 32.6 Å². The van der Waals surface area contributed by atoms with Crippen LogP contribution in [0, 0.1) is 20.8 Å². The van der Waals surface area contributed by atoms with Gasteiger partial charge in [-0.05, 0) is 31.9 Å². The lowest BCUT2D eigenvalue weighted by atomic mass is 10.1. The second-order valence-electron chi connectivity index (χ2n) is 5.23. The van der Waals surface area contributed by atoms with E-state index in [1.165, 1.54) is 16.7 Å². The molecule has 1 nitrogen and oxygen atoms in total. The summed E-state index contributed by atoms with van der Waals surface area (Å²) in [5.74, 6) is 1.65. The summed E-state index contributed by atoms with van der Waals surface area (Å²) in [7, 11) is 0. The van der Waals surface area contributed by atoms with Gasteiger partial charge in [-0.15, -0.1) is 11.8 Å². The molecule has 0 fully saturated rings. The molecule has 2 aromatic rings. The van der Waals surface area contributed by atoms with E-state index in [0.29, 0.717) is 5.75 Å². The number of Topliss-reactive ketones (excluding diaryl/α,β-unsaturated/α-hetero) is 1. The number of ketones is 1. The fourth-order valence-corrected chi connectivity index (χ4v) is 3.22. The maximum Gasteiger partial charge on any atom is 0.172 e. The van der Waals surface area contributed by atoms with Crippen molar-refractivity contribution in [3.8, 4) is 0 Å². The van der Waals surface area contributed by atoms with Crippen molar-refractivity contribution >= 4 is 17.5 Å². The summed E-state index contributed by atoms with van der Waals surface area (Å²) in [6.45, 7) is 6.21. The van der Waals surface area contributed by atoms with Gasteiger partial charge in [0.15, 0.2) is 5.78 Å². The number of benzene rings is 2. The van der Waals surface area contributed by atoms with Gasteiger partial charge in [0.2, 0.25) is 0 Å². The minimum absolute atomic E-state index is 0.220. The Kier molecular flexibility index (Phi) is 5.02. The number of thioether (sulfide) groups is 1. The van der Waals surface area contributed by atoms with E-state index in [-0.39, 0.29) is 5.78 Å². The van der Waals surface area contributed by atoms with Crippen LogP contribution in [0.15, 0.2) is 42.5 Å². The first kappa shape index (κ1) is 14.9. The molecule has 0 N–H and O–H groups in total. The van der Waals surface area contributed by atoms with E-state index in [1.54, 1.807) is 11.8 Å². The third-order valence-corrected chi connectivity index (χ3v) is 4.23. The zero-order chi connectivity index (χ0) is 14.5. The first-order chi connectivity index (χ1) is 9.56. The average molecular weight is 284 g/mol. The lowest BCUT2D eigenvalue weighted by Gasteiger charge is -2.06. The Bertz CT molecular complexity index is 596. The fraction of sp³-hybridized carbons (Fsp3) is 0.278. The van der Waals surface area contributed by atoms with E-state index in [0.717, 1.165) is 16.9 Å². The van der Waals surface area contributed by atoms with Gasteiger partial charge in [0.25, 0.3) is 0 Å². The van der Waals surface area contributed by atoms with Crippen molar-refractivity contribution in [1.29, 1.82) is 0 Å². The van der Waals surface area contributed by atoms with Crippen LogP contribution in [-0.2, 0) is 5.75 Å². The Morgan fingerprint density at radius 2 is 1.65 bits per heavy atom. The lowest BCUT2D eigenvalue weighted by Crippen LogP contribution is -2.04. The predicted octanol–water partition coefficient (Wildman–Crippen LogP) is 4.73. The Morgan fingerprint density at radius 3 is 2.30 bits per heavy atom. The molecule has 0 aliphatic heterocycles. The zero-order valence-electron chi connectivity index (χ0n) is 12.3. The molecule has 20 heavy (non-hydrogen) atoms. The third-order valence-electron chi connectivity index (χ3n) is 3.23. The minimum atomic E-state index is 0.220. The summed E-state index contributed by atoms with van der Waals surface area (Å²) in [6.07, 6.45) is 0. The zero-order valence-corrected chi connectivity index (χ0v) is 13.1. The summed E-state index contributed by atoms with van der Waals surface area (Å²) in [5, 5.41) is 0. The van der Waals surface area contributed by atoms with E-state index >= 15 is 0 Å². The highest BCUT2D eigenvalue weighted by atomic mass is 32.2. The molecular weight excluding hydrogens is 264 g/mol. The molecule has 0 aliphatic rings. The number of aryl methyl sites for hydroxylation is 3. The summed E-state index contributed by atoms with van der Waals surface area (Å²) in [5.41, 5.74) is 5.77. The largest absolute Gasteiger partial charge is 0.293 e. The number of hydrogen-bond acceptors (Lipinski definition) is 2. The van der Waals surface area contributed by atoms with Gasteiger partial charge in [-0.3, -0.25) is 4.79 Å². The molecule has 0 radical (unpaired) electrons. The smallest absolute Gasteiger partial charge is 0.172 e. The molecule has 0 saturated carbocycles. The molecule has 0 unspecified atom stereocenters. The molecule has 0 heterocycles. The molecule has 0 atom stereocenters. The van der Waals surface area contributed by atoms with Crippen molar-refractivity contribution < 1.29 is 4.79 Å². The van der Waals surface area contributed by atoms with Crippen LogP contribution in [0.25, 0.3) is 0 Å². The predicted molar refractivity (Wildman–Crippen MR) is 87.6 cm³/mol. The molecule has 0 amide bonds. The highest BCUT2D eigenvalue weighted by Crippen LogP contribution is 2.18.